The van der Waals surface area contributed by atoms with Crippen molar-refractivity contribution in [2.24, 2.45) is 11.8 Å². The van der Waals surface area contributed by atoms with E-state index in [9.17, 15) is 14.4 Å². The van der Waals surface area contributed by atoms with Crippen LogP contribution in [0, 0.1) is 11.8 Å². The molecule has 5 heteroatoms. The van der Waals surface area contributed by atoms with E-state index in [2.05, 4.69) is 0 Å². The number of carbonyl (C=O) groups is 3. The quantitative estimate of drug-likeness (QED) is 0.559. The summed E-state index contributed by atoms with van der Waals surface area (Å²) in [6.45, 7) is 3.85. The molecule has 0 aromatic heterocycles. The van der Waals surface area contributed by atoms with E-state index in [1.807, 2.05) is 0 Å². The molecule has 16 heavy (non-hydrogen) atoms. The number of imide groups is 1. The third kappa shape index (κ3) is 2.59. The molecule has 2 atom stereocenters. The number of hydrogen-bond donors (Lipinski definition) is 1. The summed E-state index contributed by atoms with van der Waals surface area (Å²) >= 11 is 0. The lowest BCUT2D eigenvalue weighted by Crippen LogP contribution is -2.31. The first kappa shape index (κ1) is 12.7. The molecule has 0 aromatic rings. The van der Waals surface area contributed by atoms with Crippen molar-refractivity contribution in [3.63, 3.8) is 0 Å². The van der Waals surface area contributed by atoms with Crippen LogP contribution in [0.1, 0.15) is 33.1 Å². The molecule has 1 aliphatic heterocycles. The van der Waals surface area contributed by atoms with Crippen LogP contribution in [0.4, 0.5) is 0 Å². The van der Waals surface area contributed by atoms with Crippen LogP contribution in [-0.2, 0) is 14.4 Å². The second-order valence-electron chi connectivity index (χ2n) is 4.26. The lowest BCUT2D eigenvalue weighted by atomic mass is 10.00. The van der Waals surface area contributed by atoms with Crippen LogP contribution in [0.3, 0.4) is 0 Å². The molecule has 0 radical (unpaired) electrons. The van der Waals surface area contributed by atoms with Gasteiger partial charge in [0.25, 0.3) is 0 Å². The van der Waals surface area contributed by atoms with Crippen molar-refractivity contribution < 1.29 is 19.5 Å². The number of likely N-dealkylation sites (tertiary alicyclic amines) is 1. The van der Waals surface area contributed by atoms with E-state index >= 15 is 0 Å². The summed E-state index contributed by atoms with van der Waals surface area (Å²) in [6.07, 6.45) is 1.14. The Bertz CT molecular complexity index is 293. The van der Waals surface area contributed by atoms with Crippen LogP contribution in [0.25, 0.3) is 0 Å². The minimum absolute atomic E-state index is 0.0847. The first-order valence-corrected chi connectivity index (χ1v) is 5.52. The Morgan fingerprint density at radius 2 is 1.69 bits per heavy atom. The number of carboxylic acids is 1. The molecular weight excluding hydrogens is 210 g/mol. The molecule has 0 saturated carbocycles. The monoisotopic (exact) mass is 227 g/mol. The number of aliphatic carboxylic acids is 1. The van der Waals surface area contributed by atoms with Crippen molar-refractivity contribution in [3.05, 3.63) is 0 Å². The van der Waals surface area contributed by atoms with E-state index in [1.54, 1.807) is 13.8 Å². The maximum absolute atomic E-state index is 11.6. The molecule has 1 heterocycles. The van der Waals surface area contributed by atoms with Gasteiger partial charge < -0.3 is 5.11 Å². The van der Waals surface area contributed by atoms with Crippen molar-refractivity contribution in [2.75, 3.05) is 6.54 Å². The SMILES string of the molecule is CC1C(=O)N(CCCCC(=O)O)C(=O)C1C. The van der Waals surface area contributed by atoms with E-state index in [4.69, 9.17) is 5.11 Å². The van der Waals surface area contributed by atoms with E-state index in [1.165, 1.54) is 4.90 Å². The van der Waals surface area contributed by atoms with Gasteiger partial charge in [-0.3, -0.25) is 19.3 Å². The van der Waals surface area contributed by atoms with Gasteiger partial charge in [0, 0.05) is 24.8 Å². The van der Waals surface area contributed by atoms with Crippen molar-refractivity contribution in [2.45, 2.75) is 33.1 Å². The Kier molecular flexibility index (Phi) is 4.04. The molecule has 0 spiro atoms. The highest BCUT2D eigenvalue weighted by Crippen LogP contribution is 2.25. The molecule has 1 aliphatic rings. The smallest absolute Gasteiger partial charge is 0.303 e. The van der Waals surface area contributed by atoms with Gasteiger partial charge in [-0.1, -0.05) is 13.8 Å². The van der Waals surface area contributed by atoms with Crippen LogP contribution < -0.4 is 0 Å². The standard InChI is InChI=1S/C11H17NO4/c1-7-8(2)11(16)12(10(7)15)6-4-3-5-9(13)14/h7-8H,3-6H2,1-2H3,(H,13,14). The number of carboxylic acid groups (broad SMARTS) is 1. The van der Waals surface area contributed by atoms with Gasteiger partial charge in [0.1, 0.15) is 0 Å². The maximum atomic E-state index is 11.6. The molecule has 1 N–H and O–H groups in total. The highest BCUT2D eigenvalue weighted by atomic mass is 16.4. The fraction of sp³-hybridized carbons (Fsp3) is 0.727. The average Bonchev–Trinajstić information content (AvgIpc) is 2.40. The fourth-order valence-electron chi connectivity index (χ4n) is 1.79. The van der Waals surface area contributed by atoms with Crippen LogP contribution in [0.2, 0.25) is 0 Å². The summed E-state index contributed by atoms with van der Waals surface area (Å²) < 4.78 is 0. The number of rotatable bonds is 5. The van der Waals surface area contributed by atoms with Crippen LogP contribution >= 0.6 is 0 Å². The lowest BCUT2D eigenvalue weighted by molar-refractivity contribution is -0.139. The minimum Gasteiger partial charge on any atom is -0.481 e. The first-order valence-electron chi connectivity index (χ1n) is 5.52. The van der Waals surface area contributed by atoms with Crippen molar-refractivity contribution in [1.29, 1.82) is 0 Å². The van der Waals surface area contributed by atoms with E-state index in [0.717, 1.165) is 0 Å². The highest BCUT2D eigenvalue weighted by molar-refractivity contribution is 6.04. The number of hydrogen-bond acceptors (Lipinski definition) is 3. The molecule has 1 rings (SSSR count). The number of carbonyl (C=O) groups excluding carboxylic acids is 2. The van der Waals surface area contributed by atoms with Gasteiger partial charge in [0.05, 0.1) is 0 Å². The summed E-state index contributed by atoms with van der Waals surface area (Å²) in [7, 11) is 0. The predicted octanol–water partition coefficient (Wildman–Crippen LogP) is 0.882. The third-order valence-corrected chi connectivity index (χ3v) is 3.08. The topological polar surface area (TPSA) is 74.7 Å². The highest BCUT2D eigenvalue weighted by Gasteiger charge is 2.41. The van der Waals surface area contributed by atoms with E-state index in [-0.39, 0.29) is 30.1 Å². The second-order valence-corrected chi connectivity index (χ2v) is 4.26. The van der Waals surface area contributed by atoms with Crippen LogP contribution in [-0.4, -0.2) is 34.3 Å². The second kappa shape index (κ2) is 5.09. The number of nitrogens with zero attached hydrogens (tertiary/aromatic N) is 1. The Morgan fingerprint density at radius 3 is 2.12 bits per heavy atom. The Balaban J connectivity index is 2.40. The maximum Gasteiger partial charge on any atom is 0.303 e. The fourth-order valence-corrected chi connectivity index (χ4v) is 1.79. The zero-order valence-corrected chi connectivity index (χ0v) is 9.60. The van der Waals surface area contributed by atoms with Crippen LogP contribution in [0.5, 0.6) is 0 Å². The molecule has 1 fully saturated rings. The average molecular weight is 227 g/mol. The Labute approximate surface area is 94.4 Å². The molecule has 2 unspecified atom stereocenters. The number of amides is 2. The van der Waals surface area contributed by atoms with Gasteiger partial charge in [-0.05, 0) is 12.8 Å². The lowest BCUT2D eigenvalue weighted by Gasteiger charge is -2.13. The normalized spacial score (nSPS) is 25.2. The van der Waals surface area contributed by atoms with Gasteiger partial charge in [0.15, 0.2) is 0 Å². The molecule has 1 saturated heterocycles. The van der Waals surface area contributed by atoms with Crippen molar-refractivity contribution in [1.82, 2.24) is 4.90 Å². The Hall–Kier alpha value is -1.39. The first-order chi connectivity index (χ1) is 7.45. The van der Waals surface area contributed by atoms with Gasteiger partial charge in [-0.25, -0.2) is 0 Å². The molecule has 0 aliphatic carbocycles. The van der Waals surface area contributed by atoms with E-state index < -0.39 is 5.97 Å². The Morgan fingerprint density at radius 1 is 1.19 bits per heavy atom. The molecule has 0 aromatic carbocycles. The minimum atomic E-state index is -0.846. The van der Waals surface area contributed by atoms with Gasteiger partial charge >= 0.3 is 5.97 Å². The number of unbranched alkanes of at least 4 members (excludes halogenated alkanes) is 1. The zero-order chi connectivity index (χ0) is 12.3. The summed E-state index contributed by atoms with van der Waals surface area (Å²) in [4.78, 5) is 34.8. The van der Waals surface area contributed by atoms with E-state index in [0.29, 0.717) is 19.4 Å². The summed E-state index contributed by atoms with van der Waals surface area (Å²) in [5, 5.41) is 8.45. The van der Waals surface area contributed by atoms with Gasteiger partial charge in [-0.15, -0.1) is 0 Å². The largest absolute Gasteiger partial charge is 0.481 e. The van der Waals surface area contributed by atoms with Gasteiger partial charge in [0.2, 0.25) is 11.8 Å². The molecule has 5 nitrogen and oxygen atoms in total. The molecular formula is C11H17NO4. The molecule has 0 bridgehead atoms. The summed E-state index contributed by atoms with van der Waals surface area (Å²) in [5.41, 5.74) is 0. The summed E-state index contributed by atoms with van der Waals surface area (Å²) in [5.74, 6) is -1.60. The van der Waals surface area contributed by atoms with Gasteiger partial charge in [-0.2, -0.15) is 0 Å². The zero-order valence-electron chi connectivity index (χ0n) is 9.60. The van der Waals surface area contributed by atoms with Crippen LogP contribution in [0.15, 0.2) is 0 Å². The third-order valence-electron chi connectivity index (χ3n) is 3.08. The van der Waals surface area contributed by atoms with Crippen molar-refractivity contribution >= 4 is 17.8 Å². The molecule has 90 valence electrons. The predicted molar refractivity (Wildman–Crippen MR) is 56.5 cm³/mol. The van der Waals surface area contributed by atoms with Crippen molar-refractivity contribution in [3.8, 4) is 0 Å². The summed E-state index contributed by atoms with van der Waals surface area (Å²) in [6, 6.07) is 0. The molecule has 2 amide bonds.